The van der Waals surface area contributed by atoms with Crippen LogP contribution in [0.15, 0.2) is 4.79 Å². The molecule has 0 saturated heterocycles. The molecule has 1 aromatic heterocycles. The molecular formula is C9H12N2O2. The Morgan fingerprint density at radius 1 is 1.46 bits per heavy atom. The third kappa shape index (κ3) is 1.05. The number of nitrogens with zero attached hydrogens (tertiary/aromatic N) is 1. The van der Waals surface area contributed by atoms with Crippen molar-refractivity contribution >= 4 is 0 Å². The number of aromatic amines is 1. The molecule has 0 unspecified atom stereocenters. The molecule has 0 atom stereocenters. The minimum Gasteiger partial charge on any atom is -0.376 e. The van der Waals surface area contributed by atoms with Crippen LogP contribution in [0.25, 0.3) is 0 Å². The molecule has 1 aliphatic carbocycles. The lowest BCUT2D eigenvalue weighted by Gasteiger charge is -2.08. The zero-order chi connectivity index (χ0) is 8.84. The van der Waals surface area contributed by atoms with Gasteiger partial charge in [0, 0.05) is 12.1 Å². The Labute approximate surface area is 75.5 Å². The van der Waals surface area contributed by atoms with Crippen LogP contribution in [0.4, 0.5) is 0 Å². The lowest BCUT2D eigenvalue weighted by atomic mass is 10.2. The Kier molecular flexibility index (Phi) is 1.41. The third-order valence-electron chi connectivity index (χ3n) is 2.75. The van der Waals surface area contributed by atoms with E-state index in [0.29, 0.717) is 12.6 Å². The fourth-order valence-electron chi connectivity index (χ4n) is 1.83. The molecule has 4 heteroatoms. The molecule has 1 N–H and O–H groups in total. The Morgan fingerprint density at radius 2 is 2.31 bits per heavy atom. The van der Waals surface area contributed by atoms with Gasteiger partial charge in [-0.3, -0.25) is 9.89 Å². The van der Waals surface area contributed by atoms with E-state index in [1.165, 1.54) is 0 Å². The molecule has 0 aromatic carbocycles. The summed E-state index contributed by atoms with van der Waals surface area (Å²) >= 11 is 0. The molecule has 13 heavy (non-hydrogen) atoms. The van der Waals surface area contributed by atoms with Crippen molar-refractivity contribution in [2.75, 3.05) is 6.61 Å². The maximum atomic E-state index is 11.7. The zero-order valence-electron chi connectivity index (χ0n) is 7.38. The van der Waals surface area contributed by atoms with E-state index < -0.39 is 0 Å². The van der Waals surface area contributed by atoms with Crippen molar-refractivity contribution < 1.29 is 4.74 Å². The highest BCUT2D eigenvalue weighted by molar-refractivity contribution is 5.19. The first-order valence-corrected chi connectivity index (χ1v) is 4.76. The second-order valence-corrected chi connectivity index (χ2v) is 3.78. The monoisotopic (exact) mass is 180 g/mol. The summed E-state index contributed by atoms with van der Waals surface area (Å²) in [7, 11) is 0. The Balaban J connectivity index is 2.12. The van der Waals surface area contributed by atoms with Gasteiger partial charge in [-0.05, 0) is 12.8 Å². The summed E-state index contributed by atoms with van der Waals surface area (Å²) in [6.07, 6.45) is 3.13. The van der Waals surface area contributed by atoms with E-state index in [-0.39, 0.29) is 5.56 Å². The van der Waals surface area contributed by atoms with Crippen LogP contribution in [-0.4, -0.2) is 16.4 Å². The van der Waals surface area contributed by atoms with Crippen LogP contribution in [0.2, 0.25) is 0 Å². The second kappa shape index (κ2) is 2.48. The minimum absolute atomic E-state index is 0.136. The molecular weight excluding hydrogens is 168 g/mol. The number of ether oxygens (including phenoxy) is 1. The molecule has 2 heterocycles. The first-order chi connectivity index (χ1) is 6.36. The van der Waals surface area contributed by atoms with Gasteiger partial charge < -0.3 is 4.74 Å². The van der Waals surface area contributed by atoms with Gasteiger partial charge in [0.15, 0.2) is 0 Å². The lowest BCUT2D eigenvalue weighted by Crippen LogP contribution is -2.19. The van der Waals surface area contributed by atoms with Gasteiger partial charge >= 0.3 is 0 Å². The van der Waals surface area contributed by atoms with Crippen molar-refractivity contribution in [3.8, 4) is 0 Å². The van der Waals surface area contributed by atoms with Crippen LogP contribution in [0, 0.1) is 0 Å². The van der Waals surface area contributed by atoms with Crippen LogP contribution < -0.4 is 5.56 Å². The first-order valence-electron chi connectivity index (χ1n) is 4.76. The smallest absolute Gasteiger partial charge is 0.272 e. The van der Waals surface area contributed by atoms with Crippen LogP contribution in [0.5, 0.6) is 0 Å². The summed E-state index contributed by atoms with van der Waals surface area (Å²) in [6, 6.07) is 0.443. The van der Waals surface area contributed by atoms with Crippen molar-refractivity contribution in [1.82, 2.24) is 9.78 Å². The summed E-state index contributed by atoms with van der Waals surface area (Å²) in [5.41, 5.74) is 2.07. The van der Waals surface area contributed by atoms with E-state index in [0.717, 1.165) is 37.1 Å². The van der Waals surface area contributed by atoms with Gasteiger partial charge in [0.2, 0.25) is 0 Å². The minimum atomic E-state index is 0.136. The van der Waals surface area contributed by atoms with E-state index in [2.05, 4.69) is 5.10 Å². The second-order valence-electron chi connectivity index (χ2n) is 3.78. The lowest BCUT2D eigenvalue weighted by molar-refractivity contribution is 0.109. The van der Waals surface area contributed by atoms with Gasteiger partial charge in [-0.1, -0.05) is 0 Å². The van der Waals surface area contributed by atoms with E-state index >= 15 is 0 Å². The molecule has 1 fully saturated rings. The van der Waals surface area contributed by atoms with Crippen molar-refractivity contribution in [2.45, 2.75) is 31.9 Å². The summed E-state index contributed by atoms with van der Waals surface area (Å²) in [4.78, 5) is 11.7. The quantitative estimate of drug-likeness (QED) is 0.687. The van der Waals surface area contributed by atoms with Crippen LogP contribution in [0.3, 0.4) is 0 Å². The molecule has 1 aliphatic heterocycles. The van der Waals surface area contributed by atoms with Gasteiger partial charge in [0.05, 0.1) is 24.8 Å². The molecule has 2 aliphatic rings. The van der Waals surface area contributed by atoms with Gasteiger partial charge in [-0.25, -0.2) is 4.68 Å². The van der Waals surface area contributed by atoms with Crippen LogP contribution in [0.1, 0.15) is 30.1 Å². The maximum absolute atomic E-state index is 11.7. The van der Waals surface area contributed by atoms with Gasteiger partial charge in [0.25, 0.3) is 5.56 Å². The fourth-order valence-corrected chi connectivity index (χ4v) is 1.83. The third-order valence-corrected chi connectivity index (χ3v) is 2.75. The standard InChI is InChI=1S/C9H12N2O2/c12-9-7-5-13-4-3-8(7)10-11(9)6-1-2-6/h6,10H,1-5H2. The zero-order valence-corrected chi connectivity index (χ0v) is 7.38. The number of aromatic nitrogens is 2. The molecule has 0 amide bonds. The SMILES string of the molecule is O=c1c2c([nH]n1C1CC1)CCOC2. The number of nitrogens with one attached hydrogen (secondary N) is 1. The number of hydrogen-bond donors (Lipinski definition) is 1. The predicted molar refractivity (Wildman–Crippen MR) is 46.7 cm³/mol. The largest absolute Gasteiger partial charge is 0.376 e. The van der Waals surface area contributed by atoms with E-state index in [9.17, 15) is 4.79 Å². The fraction of sp³-hybridized carbons (Fsp3) is 0.667. The average molecular weight is 180 g/mol. The molecule has 0 radical (unpaired) electrons. The first kappa shape index (κ1) is 7.38. The molecule has 0 spiro atoms. The van der Waals surface area contributed by atoms with Crippen LogP contribution >= 0.6 is 0 Å². The average Bonchev–Trinajstić information content (AvgIpc) is 2.94. The molecule has 4 nitrogen and oxygen atoms in total. The normalized spacial score (nSPS) is 21.5. The molecule has 1 saturated carbocycles. The van der Waals surface area contributed by atoms with Crippen molar-refractivity contribution in [3.05, 3.63) is 21.6 Å². The van der Waals surface area contributed by atoms with E-state index in [4.69, 9.17) is 4.74 Å². The van der Waals surface area contributed by atoms with Crippen molar-refractivity contribution in [1.29, 1.82) is 0 Å². The van der Waals surface area contributed by atoms with E-state index in [1.807, 2.05) is 0 Å². The highest BCUT2D eigenvalue weighted by atomic mass is 16.5. The highest BCUT2D eigenvalue weighted by Gasteiger charge is 2.28. The summed E-state index contributed by atoms with van der Waals surface area (Å²) < 4.78 is 7.03. The number of rotatable bonds is 1. The van der Waals surface area contributed by atoms with Gasteiger partial charge in [-0.15, -0.1) is 0 Å². The summed E-state index contributed by atoms with van der Waals surface area (Å²) in [6.45, 7) is 1.22. The number of H-pyrrole nitrogens is 1. The highest BCUT2D eigenvalue weighted by Crippen LogP contribution is 2.33. The van der Waals surface area contributed by atoms with Crippen molar-refractivity contribution in [2.24, 2.45) is 0 Å². The predicted octanol–water partition coefficient (Wildman–Crippen LogP) is 0.584. The van der Waals surface area contributed by atoms with Crippen LogP contribution in [-0.2, 0) is 17.8 Å². The van der Waals surface area contributed by atoms with Gasteiger partial charge in [-0.2, -0.15) is 0 Å². The Bertz CT molecular complexity index is 387. The molecule has 1 aromatic rings. The molecule has 3 rings (SSSR count). The van der Waals surface area contributed by atoms with Gasteiger partial charge in [0.1, 0.15) is 0 Å². The maximum Gasteiger partial charge on any atom is 0.272 e. The molecule has 70 valence electrons. The Hall–Kier alpha value is -1.03. The number of hydrogen-bond acceptors (Lipinski definition) is 2. The topological polar surface area (TPSA) is 47.0 Å². The van der Waals surface area contributed by atoms with Crippen molar-refractivity contribution in [3.63, 3.8) is 0 Å². The number of fused-ring (bicyclic) bond motifs is 1. The van der Waals surface area contributed by atoms with E-state index in [1.54, 1.807) is 4.68 Å². The summed E-state index contributed by atoms with van der Waals surface area (Å²) in [5, 5.41) is 3.19. The Morgan fingerprint density at radius 3 is 3.00 bits per heavy atom. The summed E-state index contributed by atoms with van der Waals surface area (Å²) in [5.74, 6) is 0. The molecule has 0 bridgehead atoms.